The Morgan fingerprint density at radius 3 is 1.44 bits per heavy atom. The minimum absolute atomic E-state index is 0.274. The zero-order valence-corrected chi connectivity index (χ0v) is 17.9. The third kappa shape index (κ3) is 6.88. The van der Waals surface area contributed by atoms with Crippen molar-refractivity contribution in [2.75, 3.05) is 24.9 Å². The Morgan fingerprint density at radius 2 is 1.06 bits per heavy atom. The van der Waals surface area contributed by atoms with Crippen molar-refractivity contribution in [2.24, 2.45) is 0 Å². The highest BCUT2D eigenvalue weighted by Crippen LogP contribution is 2.17. The molecule has 0 bridgehead atoms. The highest BCUT2D eigenvalue weighted by atomic mass is 16.5. The Hall–Kier alpha value is -4.32. The topological polar surface area (TPSA) is 76.7 Å². The van der Waals surface area contributed by atoms with Crippen LogP contribution in [-0.2, 0) is 9.59 Å². The molecule has 2 N–H and O–H groups in total. The summed E-state index contributed by atoms with van der Waals surface area (Å²) in [5.41, 5.74) is 2.91. The molecule has 0 aromatic heterocycles. The molecule has 3 aromatic carbocycles. The van der Waals surface area contributed by atoms with E-state index in [1.54, 1.807) is 50.6 Å². The first-order valence-electron chi connectivity index (χ1n) is 9.92. The van der Waals surface area contributed by atoms with Gasteiger partial charge >= 0.3 is 0 Å². The molecule has 2 amide bonds. The van der Waals surface area contributed by atoms with E-state index in [2.05, 4.69) is 10.6 Å². The van der Waals surface area contributed by atoms with E-state index in [9.17, 15) is 9.59 Å². The molecule has 0 aliphatic carbocycles. The largest absolute Gasteiger partial charge is 0.497 e. The third-order valence-electron chi connectivity index (χ3n) is 4.48. The third-order valence-corrected chi connectivity index (χ3v) is 4.48. The summed E-state index contributed by atoms with van der Waals surface area (Å²) in [5.74, 6) is 0.959. The monoisotopic (exact) mass is 428 g/mol. The molecule has 0 aliphatic rings. The van der Waals surface area contributed by atoms with Gasteiger partial charge in [-0.15, -0.1) is 0 Å². The fourth-order valence-corrected chi connectivity index (χ4v) is 2.82. The van der Waals surface area contributed by atoms with Crippen molar-refractivity contribution < 1.29 is 19.1 Å². The van der Waals surface area contributed by atoms with E-state index < -0.39 is 0 Å². The molecule has 0 saturated heterocycles. The first-order valence-corrected chi connectivity index (χ1v) is 9.92. The van der Waals surface area contributed by atoms with E-state index in [4.69, 9.17) is 9.47 Å². The van der Waals surface area contributed by atoms with Crippen LogP contribution >= 0.6 is 0 Å². The normalized spacial score (nSPS) is 10.8. The van der Waals surface area contributed by atoms with E-state index in [1.807, 2.05) is 48.5 Å². The lowest BCUT2D eigenvalue weighted by atomic mass is 10.2. The summed E-state index contributed by atoms with van der Waals surface area (Å²) in [5, 5.41) is 5.57. The molecule has 6 heteroatoms. The smallest absolute Gasteiger partial charge is 0.248 e. The lowest BCUT2D eigenvalue weighted by molar-refractivity contribution is -0.112. The number of ether oxygens (including phenoxy) is 2. The van der Waals surface area contributed by atoms with E-state index >= 15 is 0 Å². The summed E-state index contributed by atoms with van der Waals surface area (Å²) in [6.07, 6.45) is 6.32. The SMILES string of the molecule is COc1ccc(/C=C/C(=O)Nc2cccc(NC(=O)/C=C/c3ccc(OC)cc3)c2)cc1. The molecular weight excluding hydrogens is 404 g/mol. The highest BCUT2D eigenvalue weighted by Gasteiger charge is 2.02. The van der Waals surface area contributed by atoms with E-state index in [1.165, 1.54) is 12.2 Å². The fourth-order valence-electron chi connectivity index (χ4n) is 2.82. The van der Waals surface area contributed by atoms with Crippen LogP contribution in [0, 0.1) is 0 Å². The van der Waals surface area contributed by atoms with Crippen molar-refractivity contribution in [3.8, 4) is 11.5 Å². The van der Waals surface area contributed by atoms with Gasteiger partial charge in [0.15, 0.2) is 0 Å². The maximum atomic E-state index is 12.2. The summed E-state index contributed by atoms with van der Waals surface area (Å²) in [6, 6.07) is 21.7. The van der Waals surface area contributed by atoms with Gasteiger partial charge in [0.2, 0.25) is 11.8 Å². The Morgan fingerprint density at radius 1 is 0.656 bits per heavy atom. The summed E-state index contributed by atoms with van der Waals surface area (Å²) in [7, 11) is 3.21. The van der Waals surface area contributed by atoms with Gasteiger partial charge in [-0.2, -0.15) is 0 Å². The molecule has 0 unspecified atom stereocenters. The molecule has 3 rings (SSSR count). The fraction of sp³-hybridized carbons (Fsp3) is 0.0769. The average Bonchev–Trinajstić information content (AvgIpc) is 2.82. The summed E-state index contributed by atoms with van der Waals surface area (Å²) in [4.78, 5) is 24.4. The minimum atomic E-state index is -0.274. The zero-order valence-electron chi connectivity index (χ0n) is 17.9. The number of carbonyl (C=O) groups excluding carboxylic acids is 2. The van der Waals surface area contributed by atoms with Gasteiger partial charge in [-0.3, -0.25) is 9.59 Å². The van der Waals surface area contributed by atoms with Gasteiger partial charge in [-0.25, -0.2) is 0 Å². The van der Waals surface area contributed by atoms with Gasteiger partial charge in [-0.05, 0) is 65.7 Å². The van der Waals surface area contributed by atoms with Crippen molar-refractivity contribution in [1.29, 1.82) is 0 Å². The predicted octanol–water partition coefficient (Wildman–Crippen LogP) is 5.01. The van der Waals surface area contributed by atoms with Crippen LogP contribution in [-0.4, -0.2) is 26.0 Å². The molecule has 0 heterocycles. The van der Waals surface area contributed by atoms with Crippen LogP contribution < -0.4 is 20.1 Å². The van der Waals surface area contributed by atoms with Crippen LogP contribution in [0.2, 0.25) is 0 Å². The summed E-state index contributed by atoms with van der Waals surface area (Å²) in [6.45, 7) is 0. The van der Waals surface area contributed by atoms with Gasteiger partial charge in [0.25, 0.3) is 0 Å². The molecule has 0 fully saturated rings. The second kappa shape index (κ2) is 11.2. The molecule has 0 spiro atoms. The van der Waals surface area contributed by atoms with Crippen molar-refractivity contribution in [2.45, 2.75) is 0 Å². The van der Waals surface area contributed by atoms with Crippen molar-refractivity contribution >= 4 is 35.3 Å². The number of nitrogens with one attached hydrogen (secondary N) is 2. The quantitative estimate of drug-likeness (QED) is 0.495. The number of hydrogen-bond donors (Lipinski definition) is 2. The molecule has 32 heavy (non-hydrogen) atoms. The lowest BCUT2D eigenvalue weighted by Crippen LogP contribution is -2.10. The Labute approximate surface area is 187 Å². The van der Waals surface area contributed by atoms with Crippen LogP contribution in [0.15, 0.2) is 84.9 Å². The van der Waals surface area contributed by atoms with Crippen LogP contribution in [0.1, 0.15) is 11.1 Å². The van der Waals surface area contributed by atoms with Crippen LogP contribution in [0.4, 0.5) is 11.4 Å². The highest BCUT2D eigenvalue weighted by molar-refractivity contribution is 6.04. The van der Waals surface area contributed by atoms with Crippen LogP contribution in [0.3, 0.4) is 0 Å². The van der Waals surface area contributed by atoms with Crippen molar-refractivity contribution in [3.05, 3.63) is 96.1 Å². The first-order chi connectivity index (χ1) is 15.6. The van der Waals surface area contributed by atoms with Gasteiger partial charge in [0.05, 0.1) is 14.2 Å². The Bertz CT molecular complexity index is 1030. The van der Waals surface area contributed by atoms with E-state index in [0.29, 0.717) is 11.4 Å². The first kappa shape index (κ1) is 22.4. The molecule has 6 nitrogen and oxygen atoms in total. The molecular formula is C26H24N2O4. The molecule has 3 aromatic rings. The second-order valence-electron chi connectivity index (χ2n) is 6.77. The molecule has 162 valence electrons. The van der Waals surface area contributed by atoms with E-state index in [0.717, 1.165) is 22.6 Å². The molecule has 0 saturated carbocycles. The van der Waals surface area contributed by atoms with Gasteiger partial charge in [-0.1, -0.05) is 30.3 Å². The Kier molecular flexibility index (Phi) is 7.81. The minimum Gasteiger partial charge on any atom is -0.497 e. The summed E-state index contributed by atoms with van der Waals surface area (Å²) < 4.78 is 10.2. The van der Waals surface area contributed by atoms with Gasteiger partial charge < -0.3 is 20.1 Å². The Balaban J connectivity index is 1.55. The van der Waals surface area contributed by atoms with Crippen LogP contribution in [0.25, 0.3) is 12.2 Å². The van der Waals surface area contributed by atoms with E-state index in [-0.39, 0.29) is 11.8 Å². The number of benzene rings is 3. The standard InChI is InChI=1S/C26H24N2O4/c1-31-23-12-6-19(7-13-23)10-16-25(29)27-21-4-3-5-22(18-21)28-26(30)17-11-20-8-14-24(32-2)15-9-20/h3-18H,1-2H3,(H,27,29)(H,28,30)/b16-10+,17-11+. The molecule has 0 radical (unpaired) electrons. The maximum Gasteiger partial charge on any atom is 0.248 e. The van der Waals surface area contributed by atoms with Crippen molar-refractivity contribution in [1.82, 2.24) is 0 Å². The number of rotatable bonds is 8. The predicted molar refractivity (Wildman–Crippen MR) is 128 cm³/mol. The maximum absolute atomic E-state index is 12.2. The molecule has 0 aliphatic heterocycles. The van der Waals surface area contributed by atoms with Gasteiger partial charge in [0.1, 0.15) is 11.5 Å². The zero-order chi connectivity index (χ0) is 22.8. The molecule has 0 atom stereocenters. The summed E-state index contributed by atoms with van der Waals surface area (Å²) >= 11 is 0. The number of methoxy groups -OCH3 is 2. The van der Waals surface area contributed by atoms with Crippen LogP contribution in [0.5, 0.6) is 11.5 Å². The number of amides is 2. The van der Waals surface area contributed by atoms with Crippen molar-refractivity contribution in [3.63, 3.8) is 0 Å². The number of carbonyl (C=O) groups is 2. The second-order valence-corrected chi connectivity index (χ2v) is 6.77. The van der Waals surface area contributed by atoms with Gasteiger partial charge in [0, 0.05) is 23.5 Å². The lowest BCUT2D eigenvalue weighted by Gasteiger charge is -2.06. The average molecular weight is 428 g/mol. The number of anilines is 2. The number of hydrogen-bond acceptors (Lipinski definition) is 4.